The van der Waals surface area contributed by atoms with Crippen LogP contribution in [0.15, 0.2) is 12.3 Å². The molecule has 1 amide bonds. The van der Waals surface area contributed by atoms with Gasteiger partial charge in [0.05, 0.1) is 25.4 Å². The zero-order valence-corrected chi connectivity index (χ0v) is 15.9. The van der Waals surface area contributed by atoms with E-state index in [4.69, 9.17) is 19.0 Å². The number of nitrogens with zero attached hydrogens (tertiary/aromatic N) is 1. The van der Waals surface area contributed by atoms with Crippen molar-refractivity contribution in [2.24, 2.45) is 0 Å². The van der Waals surface area contributed by atoms with Gasteiger partial charge in [0.25, 0.3) is 0 Å². The average Bonchev–Trinajstić information content (AvgIpc) is 2.83. The molecule has 148 valence electrons. The van der Waals surface area contributed by atoms with Crippen LogP contribution in [-0.2, 0) is 38.7 Å². The second-order valence-corrected chi connectivity index (χ2v) is 8.05. The number of hydrogen-bond donors (Lipinski definition) is 1. The van der Waals surface area contributed by atoms with Crippen LogP contribution < -0.4 is 4.89 Å². The second kappa shape index (κ2) is 8.55. The van der Waals surface area contributed by atoms with E-state index in [1.165, 1.54) is 24.3 Å². The van der Waals surface area contributed by atoms with Gasteiger partial charge >= 0.3 is 0 Å². The summed E-state index contributed by atoms with van der Waals surface area (Å²) in [6, 6.07) is 0. The molecule has 0 bridgehead atoms. The predicted octanol–water partition coefficient (Wildman–Crippen LogP) is -0.684. The van der Waals surface area contributed by atoms with Crippen molar-refractivity contribution in [3.8, 4) is 0 Å². The summed E-state index contributed by atoms with van der Waals surface area (Å²) < 4.78 is 39.5. The number of carbonyl (C=O) groups excluding carboxylic acids is 2. The van der Waals surface area contributed by atoms with Crippen molar-refractivity contribution in [3.05, 3.63) is 12.3 Å². The van der Waals surface area contributed by atoms with Gasteiger partial charge in [0.1, 0.15) is 18.3 Å². The van der Waals surface area contributed by atoms with E-state index in [2.05, 4.69) is 0 Å². The minimum absolute atomic E-state index is 0.147. The minimum atomic E-state index is -3.54. The molecule has 0 aromatic heterocycles. The average molecular weight is 392 g/mol. The van der Waals surface area contributed by atoms with E-state index in [0.29, 0.717) is 0 Å². The normalized spacial score (nSPS) is 29.8. The number of ether oxygens (including phenoxy) is 3. The number of sulfonamides is 1. The highest BCUT2D eigenvalue weighted by Gasteiger charge is 2.50. The molecule has 0 radical (unpaired) electrons. The van der Waals surface area contributed by atoms with Gasteiger partial charge in [-0.05, 0) is 19.9 Å². The highest BCUT2D eigenvalue weighted by atomic mass is 32.2. The molecule has 0 spiro atoms. The standard InChI is InChI=1S/C15H24N2O8S/c1-9(2)24-13-11(8-23-16-26(4,20)21)25-15(14(13)22-3)17-6-5-10(18)7-12(17)19/h5-6,9,11,13-16H,7-8H2,1-4H3/t11-,13-,14-,15-/m1/s1. The molecule has 26 heavy (non-hydrogen) atoms. The van der Waals surface area contributed by atoms with E-state index < -0.39 is 40.5 Å². The summed E-state index contributed by atoms with van der Waals surface area (Å²) in [7, 11) is -2.08. The maximum Gasteiger partial charge on any atom is 0.236 e. The predicted molar refractivity (Wildman–Crippen MR) is 89.0 cm³/mol. The first-order chi connectivity index (χ1) is 12.1. The number of methoxy groups -OCH3 is 1. The molecule has 0 saturated carbocycles. The molecule has 2 aliphatic heterocycles. The molecule has 1 N–H and O–H groups in total. The molecule has 10 nitrogen and oxygen atoms in total. The van der Waals surface area contributed by atoms with Gasteiger partial charge in [-0.15, -0.1) is 0 Å². The van der Waals surface area contributed by atoms with Crippen LogP contribution in [0.5, 0.6) is 0 Å². The smallest absolute Gasteiger partial charge is 0.236 e. The van der Waals surface area contributed by atoms with Gasteiger partial charge in [-0.25, -0.2) is 8.42 Å². The fourth-order valence-electron chi connectivity index (χ4n) is 2.79. The van der Waals surface area contributed by atoms with Crippen molar-refractivity contribution in [2.75, 3.05) is 20.0 Å². The van der Waals surface area contributed by atoms with Gasteiger partial charge in [0.15, 0.2) is 12.0 Å². The fraction of sp³-hybridized carbons (Fsp3) is 0.733. The SMILES string of the molecule is CO[C@@H]1[C@H](OC(C)C)[C@@H](CONS(C)(=O)=O)O[C@H]1N1C=CC(=O)CC1=O. The number of hydrogen-bond acceptors (Lipinski definition) is 8. The number of amides is 1. The molecule has 1 fully saturated rings. The number of ketones is 1. The lowest BCUT2D eigenvalue weighted by atomic mass is 10.1. The summed E-state index contributed by atoms with van der Waals surface area (Å²) >= 11 is 0. The molecular formula is C15H24N2O8S. The largest absolute Gasteiger partial charge is 0.374 e. The lowest BCUT2D eigenvalue weighted by Gasteiger charge is -2.31. The van der Waals surface area contributed by atoms with Crippen molar-refractivity contribution in [1.29, 1.82) is 0 Å². The summed E-state index contributed by atoms with van der Waals surface area (Å²) in [5.41, 5.74) is 0. The Balaban J connectivity index is 2.17. The van der Waals surface area contributed by atoms with E-state index in [0.717, 1.165) is 6.26 Å². The molecule has 2 aliphatic rings. The van der Waals surface area contributed by atoms with E-state index in [-0.39, 0.29) is 24.9 Å². The zero-order chi connectivity index (χ0) is 19.5. The van der Waals surface area contributed by atoms with Crippen LogP contribution in [0.25, 0.3) is 0 Å². The topological polar surface area (TPSA) is 120 Å². The van der Waals surface area contributed by atoms with Crippen molar-refractivity contribution >= 4 is 21.7 Å². The third kappa shape index (κ3) is 5.32. The fourth-order valence-corrected chi connectivity index (χ4v) is 3.07. The molecule has 1 saturated heterocycles. The Labute approximate surface area is 152 Å². The summed E-state index contributed by atoms with van der Waals surface area (Å²) in [5, 5.41) is 0. The molecule has 0 unspecified atom stereocenters. The molecule has 4 atom stereocenters. The lowest BCUT2D eigenvalue weighted by molar-refractivity contribution is -0.150. The van der Waals surface area contributed by atoms with E-state index in [9.17, 15) is 18.0 Å². The number of nitrogens with one attached hydrogen (secondary N) is 1. The monoisotopic (exact) mass is 392 g/mol. The van der Waals surface area contributed by atoms with E-state index >= 15 is 0 Å². The number of carbonyl (C=O) groups is 2. The van der Waals surface area contributed by atoms with Crippen LogP contribution in [0.3, 0.4) is 0 Å². The Hall–Kier alpha value is -1.37. The third-order valence-corrected chi connectivity index (χ3v) is 4.17. The Bertz CT molecular complexity index is 663. The van der Waals surface area contributed by atoms with Gasteiger partial charge in [-0.2, -0.15) is 0 Å². The minimum Gasteiger partial charge on any atom is -0.374 e. The molecule has 2 rings (SSSR count). The first kappa shape index (κ1) is 20.9. The molecule has 0 aromatic carbocycles. The highest BCUT2D eigenvalue weighted by molar-refractivity contribution is 7.88. The molecule has 2 heterocycles. The molecular weight excluding hydrogens is 368 g/mol. The van der Waals surface area contributed by atoms with Crippen LogP contribution >= 0.6 is 0 Å². The summed E-state index contributed by atoms with van der Waals surface area (Å²) in [5.74, 6) is -0.700. The molecule has 0 aliphatic carbocycles. The Morgan fingerprint density at radius 2 is 2.04 bits per heavy atom. The van der Waals surface area contributed by atoms with E-state index in [1.54, 1.807) is 0 Å². The molecule has 0 aromatic rings. The Morgan fingerprint density at radius 3 is 2.58 bits per heavy atom. The van der Waals surface area contributed by atoms with Gasteiger partial charge in [0.2, 0.25) is 15.9 Å². The van der Waals surface area contributed by atoms with Crippen LogP contribution in [0, 0.1) is 0 Å². The van der Waals surface area contributed by atoms with E-state index in [1.807, 2.05) is 18.7 Å². The van der Waals surface area contributed by atoms with Gasteiger partial charge in [0, 0.05) is 13.3 Å². The highest BCUT2D eigenvalue weighted by Crippen LogP contribution is 2.31. The van der Waals surface area contributed by atoms with Crippen LogP contribution in [0.4, 0.5) is 0 Å². The first-order valence-electron chi connectivity index (χ1n) is 8.07. The van der Waals surface area contributed by atoms with Crippen LogP contribution in [0.1, 0.15) is 20.3 Å². The lowest BCUT2D eigenvalue weighted by Crippen LogP contribution is -2.48. The quantitative estimate of drug-likeness (QED) is 0.426. The number of allylic oxidation sites excluding steroid dienone is 1. The van der Waals surface area contributed by atoms with Gasteiger partial charge in [-0.3, -0.25) is 19.3 Å². The Kier molecular flexibility index (Phi) is 6.88. The number of rotatable bonds is 8. The molecule has 11 heteroatoms. The van der Waals surface area contributed by atoms with Crippen molar-refractivity contribution < 1.29 is 37.1 Å². The Morgan fingerprint density at radius 1 is 1.35 bits per heavy atom. The third-order valence-electron chi connectivity index (χ3n) is 3.75. The maximum absolute atomic E-state index is 12.2. The summed E-state index contributed by atoms with van der Waals surface area (Å²) in [4.78, 5) is 31.8. The van der Waals surface area contributed by atoms with Gasteiger partial charge < -0.3 is 14.2 Å². The van der Waals surface area contributed by atoms with Crippen molar-refractivity contribution in [2.45, 2.75) is 50.9 Å². The van der Waals surface area contributed by atoms with Crippen LogP contribution in [-0.4, -0.2) is 75.6 Å². The van der Waals surface area contributed by atoms with Crippen molar-refractivity contribution in [1.82, 2.24) is 9.79 Å². The van der Waals surface area contributed by atoms with Crippen molar-refractivity contribution in [3.63, 3.8) is 0 Å². The maximum atomic E-state index is 12.2. The zero-order valence-electron chi connectivity index (χ0n) is 15.1. The van der Waals surface area contributed by atoms with Gasteiger partial charge in [-0.1, -0.05) is 4.89 Å². The summed E-state index contributed by atoms with van der Waals surface area (Å²) in [6.45, 7) is 3.51. The van der Waals surface area contributed by atoms with Crippen LogP contribution in [0.2, 0.25) is 0 Å². The second-order valence-electron chi connectivity index (χ2n) is 6.34. The summed E-state index contributed by atoms with van der Waals surface area (Å²) in [6.07, 6.45) is 0.419. The first-order valence-corrected chi connectivity index (χ1v) is 9.96.